The molecule has 1 unspecified atom stereocenters. The minimum Gasteiger partial charge on any atom is -0.394 e. The summed E-state index contributed by atoms with van der Waals surface area (Å²) in [5.74, 6) is 0. The van der Waals surface area contributed by atoms with Crippen molar-refractivity contribution in [1.29, 1.82) is 0 Å². The highest BCUT2D eigenvalue weighted by atomic mass is 16.5. The number of fused-ring (bicyclic) bond motifs is 1. The molecule has 18 heavy (non-hydrogen) atoms. The SMILES string of the molecule is OCC(c1ccc2c(c1)CCC2)N1CCOCC1. The van der Waals surface area contributed by atoms with Gasteiger partial charge in [-0.1, -0.05) is 18.2 Å². The number of aryl methyl sites for hydroxylation is 2. The summed E-state index contributed by atoms with van der Waals surface area (Å²) in [5, 5.41) is 9.70. The summed E-state index contributed by atoms with van der Waals surface area (Å²) in [6, 6.07) is 6.89. The van der Waals surface area contributed by atoms with Gasteiger partial charge in [0.1, 0.15) is 0 Å². The van der Waals surface area contributed by atoms with Gasteiger partial charge in [-0.25, -0.2) is 0 Å². The predicted octanol–water partition coefficient (Wildman–Crippen LogP) is 1.54. The molecular weight excluding hydrogens is 226 g/mol. The number of morpholine rings is 1. The highest BCUT2D eigenvalue weighted by Gasteiger charge is 2.23. The molecule has 1 aliphatic heterocycles. The zero-order chi connectivity index (χ0) is 12.4. The monoisotopic (exact) mass is 247 g/mol. The van der Waals surface area contributed by atoms with Gasteiger partial charge in [0.15, 0.2) is 0 Å². The molecule has 98 valence electrons. The number of hydrogen-bond donors (Lipinski definition) is 1. The number of rotatable bonds is 3. The van der Waals surface area contributed by atoms with Crippen LogP contribution < -0.4 is 0 Å². The average molecular weight is 247 g/mol. The average Bonchev–Trinajstić information content (AvgIpc) is 2.88. The fourth-order valence-electron chi connectivity index (χ4n) is 3.12. The Balaban J connectivity index is 1.82. The van der Waals surface area contributed by atoms with Crippen LogP contribution in [-0.2, 0) is 17.6 Å². The van der Waals surface area contributed by atoms with E-state index in [-0.39, 0.29) is 12.6 Å². The lowest BCUT2D eigenvalue weighted by Crippen LogP contribution is -2.40. The van der Waals surface area contributed by atoms with Gasteiger partial charge in [-0.2, -0.15) is 0 Å². The molecule has 1 heterocycles. The van der Waals surface area contributed by atoms with Crippen LogP contribution in [0.2, 0.25) is 0 Å². The molecule has 3 heteroatoms. The summed E-state index contributed by atoms with van der Waals surface area (Å²) in [4.78, 5) is 2.33. The third-order valence-corrected chi connectivity index (χ3v) is 4.17. The first-order valence-corrected chi connectivity index (χ1v) is 6.93. The molecule has 1 aliphatic carbocycles. The molecule has 0 bridgehead atoms. The van der Waals surface area contributed by atoms with E-state index in [1.165, 1.54) is 36.0 Å². The van der Waals surface area contributed by atoms with Crippen molar-refractivity contribution in [1.82, 2.24) is 4.90 Å². The van der Waals surface area contributed by atoms with E-state index >= 15 is 0 Å². The van der Waals surface area contributed by atoms with E-state index in [4.69, 9.17) is 4.74 Å². The topological polar surface area (TPSA) is 32.7 Å². The summed E-state index contributed by atoms with van der Waals surface area (Å²) in [6.45, 7) is 3.59. The molecule has 0 saturated carbocycles. The van der Waals surface area contributed by atoms with E-state index in [2.05, 4.69) is 23.1 Å². The van der Waals surface area contributed by atoms with E-state index in [0.29, 0.717) is 0 Å². The lowest BCUT2D eigenvalue weighted by atomic mass is 10.00. The van der Waals surface area contributed by atoms with Crippen molar-refractivity contribution >= 4 is 0 Å². The van der Waals surface area contributed by atoms with Gasteiger partial charge >= 0.3 is 0 Å². The van der Waals surface area contributed by atoms with Gasteiger partial charge in [0, 0.05) is 13.1 Å². The Labute approximate surface area is 108 Å². The molecule has 1 atom stereocenters. The standard InChI is InChI=1S/C15H21NO2/c17-11-15(16-6-8-18-9-7-16)14-5-4-12-2-1-3-13(12)10-14/h4-5,10,15,17H,1-3,6-9,11H2. The molecule has 0 spiro atoms. The van der Waals surface area contributed by atoms with Gasteiger partial charge in [-0.15, -0.1) is 0 Å². The third kappa shape index (κ3) is 2.30. The Bertz CT molecular complexity index is 413. The predicted molar refractivity (Wildman–Crippen MR) is 70.7 cm³/mol. The van der Waals surface area contributed by atoms with Crippen LogP contribution >= 0.6 is 0 Å². The number of ether oxygens (including phenoxy) is 1. The summed E-state index contributed by atoms with van der Waals surface area (Å²) in [6.07, 6.45) is 3.70. The second kappa shape index (κ2) is 5.39. The zero-order valence-corrected chi connectivity index (χ0v) is 10.8. The summed E-state index contributed by atoms with van der Waals surface area (Å²) >= 11 is 0. The van der Waals surface area contributed by atoms with E-state index in [1.807, 2.05) is 0 Å². The van der Waals surface area contributed by atoms with E-state index in [0.717, 1.165) is 26.3 Å². The highest BCUT2D eigenvalue weighted by molar-refractivity contribution is 5.36. The van der Waals surface area contributed by atoms with Crippen LogP contribution in [0.5, 0.6) is 0 Å². The van der Waals surface area contributed by atoms with Crippen molar-refractivity contribution in [2.75, 3.05) is 32.9 Å². The Hall–Kier alpha value is -0.900. The van der Waals surface area contributed by atoms with Gasteiger partial charge in [0.25, 0.3) is 0 Å². The Morgan fingerprint density at radius 3 is 2.72 bits per heavy atom. The van der Waals surface area contributed by atoms with Crippen molar-refractivity contribution in [3.63, 3.8) is 0 Å². The molecule has 0 aromatic heterocycles. The lowest BCUT2D eigenvalue weighted by molar-refractivity contribution is 0.00258. The van der Waals surface area contributed by atoms with Crippen LogP contribution in [0.1, 0.15) is 29.2 Å². The number of aliphatic hydroxyl groups excluding tert-OH is 1. The maximum Gasteiger partial charge on any atom is 0.0628 e. The highest BCUT2D eigenvalue weighted by Crippen LogP contribution is 2.28. The number of nitrogens with zero attached hydrogens (tertiary/aromatic N) is 1. The quantitative estimate of drug-likeness (QED) is 0.879. The Kier molecular flexibility index (Phi) is 3.64. The molecule has 2 aliphatic rings. The summed E-state index contributed by atoms with van der Waals surface area (Å²) < 4.78 is 5.38. The second-order valence-corrected chi connectivity index (χ2v) is 5.23. The summed E-state index contributed by atoms with van der Waals surface area (Å²) in [7, 11) is 0. The van der Waals surface area contributed by atoms with E-state index < -0.39 is 0 Å². The fraction of sp³-hybridized carbons (Fsp3) is 0.600. The van der Waals surface area contributed by atoms with Crippen LogP contribution in [0.25, 0.3) is 0 Å². The van der Waals surface area contributed by atoms with Gasteiger partial charge in [-0.05, 0) is 36.0 Å². The maximum absolute atomic E-state index is 9.70. The van der Waals surface area contributed by atoms with Crippen LogP contribution in [0, 0.1) is 0 Å². The van der Waals surface area contributed by atoms with Gasteiger partial charge in [0.2, 0.25) is 0 Å². The van der Waals surface area contributed by atoms with Gasteiger partial charge in [0.05, 0.1) is 25.9 Å². The van der Waals surface area contributed by atoms with Crippen molar-refractivity contribution < 1.29 is 9.84 Å². The number of aliphatic hydroxyl groups is 1. The maximum atomic E-state index is 9.70. The molecule has 1 N–H and O–H groups in total. The molecule has 3 nitrogen and oxygen atoms in total. The second-order valence-electron chi connectivity index (χ2n) is 5.23. The minimum atomic E-state index is 0.139. The lowest BCUT2D eigenvalue weighted by Gasteiger charge is -2.33. The minimum absolute atomic E-state index is 0.139. The van der Waals surface area contributed by atoms with Crippen molar-refractivity contribution in [2.24, 2.45) is 0 Å². The van der Waals surface area contributed by atoms with Crippen molar-refractivity contribution in [3.8, 4) is 0 Å². The molecular formula is C15H21NO2. The van der Waals surface area contributed by atoms with Crippen molar-refractivity contribution in [3.05, 3.63) is 34.9 Å². The Morgan fingerprint density at radius 2 is 1.94 bits per heavy atom. The first-order valence-electron chi connectivity index (χ1n) is 6.93. The first kappa shape index (κ1) is 12.2. The molecule has 1 saturated heterocycles. The van der Waals surface area contributed by atoms with Gasteiger partial charge in [-0.3, -0.25) is 4.90 Å². The molecule has 1 fully saturated rings. The number of hydrogen-bond acceptors (Lipinski definition) is 3. The number of benzene rings is 1. The van der Waals surface area contributed by atoms with Crippen LogP contribution in [-0.4, -0.2) is 42.9 Å². The summed E-state index contributed by atoms with van der Waals surface area (Å²) in [5.41, 5.74) is 4.25. The molecule has 1 aromatic rings. The third-order valence-electron chi connectivity index (χ3n) is 4.17. The Morgan fingerprint density at radius 1 is 1.17 bits per heavy atom. The molecule has 0 amide bonds. The molecule has 3 rings (SSSR count). The largest absolute Gasteiger partial charge is 0.394 e. The van der Waals surface area contributed by atoms with Crippen LogP contribution in [0.3, 0.4) is 0 Å². The van der Waals surface area contributed by atoms with Crippen LogP contribution in [0.15, 0.2) is 18.2 Å². The first-order chi connectivity index (χ1) is 8.88. The fourth-order valence-corrected chi connectivity index (χ4v) is 3.12. The smallest absolute Gasteiger partial charge is 0.0628 e. The zero-order valence-electron chi connectivity index (χ0n) is 10.8. The van der Waals surface area contributed by atoms with Crippen LogP contribution in [0.4, 0.5) is 0 Å². The molecule has 0 radical (unpaired) electrons. The normalized spacial score (nSPS) is 21.8. The van der Waals surface area contributed by atoms with E-state index in [1.54, 1.807) is 0 Å². The molecule has 1 aromatic carbocycles. The van der Waals surface area contributed by atoms with Gasteiger partial charge < -0.3 is 9.84 Å². The van der Waals surface area contributed by atoms with Crippen molar-refractivity contribution in [2.45, 2.75) is 25.3 Å². The van der Waals surface area contributed by atoms with E-state index in [9.17, 15) is 5.11 Å².